The third-order valence-electron chi connectivity index (χ3n) is 6.95. The second-order valence-electron chi connectivity index (χ2n) is 11.6. The summed E-state index contributed by atoms with van der Waals surface area (Å²) in [5.41, 5.74) is 4.66. The Morgan fingerprint density at radius 2 is 1.28 bits per heavy atom. The summed E-state index contributed by atoms with van der Waals surface area (Å²) >= 11 is 0. The van der Waals surface area contributed by atoms with Crippen molar-refractivity contribution in [3.8, 4) is 11.5 Å². The summed E-state index contributed by atoms with van der Waals surface area (Å²) in [6, 6.07) is 28.6. The highest BCUT2D eigenvalue weighted by Gasteiger charge is 2.17. The van der Waals surface area contributed by atoms with E-state index in [1.165, 1.54) is 11.6 Å². The van der Waals surface area contributed by atoms with Gasteiger partial charge in [0.15, 0.2) is 11.6 Å². The van der Waals surface area contributed by atoms with E-state index in [-0.39, 0.29) is 41.3 Å². The topological polar surface area (TPSA) is 89.9 Å². The number of Topliss-reactive ketones (excluding diaryl/α,β-unsaturated/α-hetero) is 2. The van der Waals surface area contributed by atoms with Crippen LogP contribution in [-0.4, -0.2) is 29.8 Å². The van der Waals surface area contributed by atoms with Gasteiger partial charge in [-0.05, 0) is 64.4 Å². The zero-order chi connectivity index (χ0) is 31.6. The molecule has 224 valence electrons. The summed E-state index contributed by atoms with van der Waals surface area (Å²) in [5.74, 6) is 0.242. The fourth-order valence-corrected chi connectivity index (χ4v) is 4.15. The van der Waals surface area contributed by atoms with Crippen LogP contribution in [-0.2, 0) is 16.8 Å². The molecule has 4 aromatic carbocycles. The van der Waals surface area contributed by atoms with Crippen LogP contribution < -0.4 is 4.74 Å². The van der Waals surface area contributed by atoms with E-state index in [1.54, 1.807) is 61.7 Å². The molecule has 0 fully saturated rings. The van der Waals surface area contributed by atoms with Gasteiger partial charge in [-0.25, -0.2) is 4.79 Å². The predicted molar refractivity (Wildman–Crippen MR) is 169 cm³/mol. The highest BCUT2D eigenvalue weighted by Crippen LogP contribution is 2.23. The highest BCUT2D eigenvalue weighted by atomic mass is 16.5. The van der Waals surface area contributed by atoms with Crippen molar-refractivity contribution in [2.24, 2.45) is 0 Å². The molecule has 4 rings (SSSR count). The minimum absolute atomic E-state index is 0.0422. The number of hydrogen-bond donors (Lipinski definition) is 1. The van der Waals surface area contributed by atoms with E-state index >= 15 is 0 Å². The van der Waals surface area contributed by atoms with Crippen molar-refractivity contribution in [2.45, 2.75) is 59.0 Å². The van der Waals surface area contributed by atoms with Gasteiger partial charge in [-0.3, -0.25) is 9.59 Å². The van der Waals surface area contributed by atoms with E-state index in [2.05, 4.69) is 34.6 Å². The summed E-state index contributed by atoms with van der Waals surface area (Å²) < 4.78 is 10.3. The Labute approximate surface area is 254 Å². The van der Waals surface area contributed by atoms with E-state index in [0.29, 0.717) is 22.8 Å². The van der Waals surface area contributed by atoms with Gasteiger partial charge < -0.3 is 14.6 Å². The second-order valence-corrected chi connectivity index (χ2v) is 11.6. The first-order chi connectivity index (χ1) is 20.4. The van der Waals surface area contributed by atoms with Crippen LogP contribution in [0.1, 0.15) is 94.7 Å². The molecule has 6 heteroatoms. The fraction of sp³-hybridized carbons (Fsp3) is 0.270. The van der Waals surface area contributed by atoms with Crippen molar-refractivity contribution in [3.05, 3.63) is 130 Å². The van der Waals surface area contributed by atoms with E-state index < -0.39 is 5.97 Å². The molecular weight excluding hydrogens is 540 g/mol. The normalized spacial score (nSPS) is 10.9. The van der Waals surface area contributed by atoms with Gasteiger partial charge >= 0.3 is 5.97 Å². The maximum atomic E-state index is 12.3. The Kier molecular flexibility index (Phi) is 11.4. The third kappa shape index (κ3) is 9.67. The first-order valence-electron chi connectivity index (χ1n) is 14.2. The molecule has 0 aliphatic carbocycles. The molecule has 0 unspecified atom stereocenters. The lowest BCUT2D eigenvalue weighted by molar-refractivity contribution is 0.0469. The zero-order valence-corrected chi connectivity index (χ0v) is 25.7. The Balaban J connectivity index is 0.000000238. The Morgan fingerprint density at radius 1 is 0.744 bits per heavy atom. The SMILES string of the molecule is CC(C)c1ccc(COC(=O)c2ccccc2O)cc1.COc1ccc(C(=O)CC(=O)c2ccc(C(C)(C)C)cc2)cc1. The summed E-state index contributed by atoms with van der Waals surface area (Å²) in [6.45, 7) is 10.8. The van der Waals surface area contributed by atoms with Crippen molar-refractivity contribution in [2.75, 3.05) is 7.11 Å². The molecule has 0 amide bonds. The number of ether oxygens (including phenoxy) is 2. The number of carbonyl (C=O) groups is 3. The highest BCUT2D eigenvalue weighted by molar-refractivity contribution is 6.13. The van der Waals surface area contributed by atoms with Crippen LogP contribution in [0.2, 0.25) is 0 Å². The van der Waals surface area contributed by atoms with Gasteiger partial charge in [-0.15, -0.1) is 0 Å². The Bertz CT molecular complexity index is 1510. The van der Waals surface area contributed by atoms with Crippen LogP contribution in [0.15, 0.2) is 97.1 Å². The molecular formula is C37H40O6. The number of para-hydroxylation sites is 1. The van der Waals surface area contributed by atoms with Gasteiger partial charge in [0.1, 0.15) is 23.7 Å². The minimum atomic E-state index is -0.518. The number of rotatable bonds is 9. The van der Waals surface area contributed by atoms with Gasteiger partial charge in [0.05, 0.1) is 13.5 Å². The summed E-state index contributed by atoms with van der Waals surface area (Å²) in [6.07, 6.45) is -0.124. The van der Waals surface area contributed by atoms with Crippen molar-refractivity contribution >= 4 is 17.5 Å². The fourth-order valence-electron chi connectivity index (χ4n) is 4.15. The van der Waals surface area contributed by atoms with Crippen LogP contribution >= 0.6 is 0 Å². The molecule has 0 bridgehead atoms. The lowest BCUT2D eigenvalue weighted by Gasteiger charge is -2.18. The molecule has 4 aromatic rings. The molecule has 43 heavy (non-hydrogen) atoms. The van der Waals surface area contributed by atoms with Crippen molar-refractivity contribution in [3.63, 3.8) is 0 Å². The number of aromatic hydroxyl groups is 1. The lowest BCUT2D eigenvalue weighted by Crippen LogP contribution is -2.12. The van der Waals surface area contributed by atoms with E-state index in [1.807, 2.05) is 36.4 Å². The van der Waals surface area contributed by atoms with E-state index in [0.717, 1.165) is 11.1 Å². The molecule has 0 atom stereocenters. The molecule has 0 saturated carbocycles. The first-order valence-corrected chi connectivity index (χ1v) is 14.2. The molecule has 0 heterocycles. The summed E-state index contributed by atoms with van der Waals surface area (Å²) in [5, 5.41) is 9.57. The molecule has 0 aliphatic heterocycles. The monoisotopic (exact) mass is 580 g/mol. The van der Waals surface area contributed by atoms with Crippen LogP contribution in [0.25, 0.3) is 0 Å². The number of esters is 1. The van der Waals surface area contributed by atoms with Gasteiger partial charge in [-0.1, -0.05) is 95.3 Å². The second kappa shape index (κ2) is 15.0. The quantitative estimate of drug-likeness (QED) is 0.122. The van der Waals surface area contributed by atoms with E-state index in [4.69, 9.17) is 9.47 Å². The number of phenols is 1. The molecule has 0 saturated heterocycles. The van der Waals surface area contributed by atoms with Crippen LogP contribution in [0, 0.1) is 0 Å². The lowest BCUT2D eigenvalue weighted by atomic mass is 9.86. The van der Waals surface area contributed by atoms with Crippen molar-refractivity contribution in [1.82, 2.24) is 0 Å². The largest absolute Gasteiger partial charge is 0.507 e. The van der Waals surface area contributed by atoms with Crippen LogP contribution in [0.4, 0.5) is 0 Å². The predicted octanol–water partition coefficient (Wildman–Crippen LogP) is 8.32. The number of benzene rings is 4. The number of carbonyl (C=O) groups excluding carboxylic acids is 3. The average molecular weight is 581 g/mol. The molecule has 0 aromatic heterocycles. The van der Waals surface area contributed by atoms with Gasteiger partial charge in [0.25, 0.3) is 0 Å². The number of phenolic OH excluding ortho intramolecular Hbond substituents is 1. The van der Waals surface area contributed by atoms with E-state index in [9.17, 15) is 19.5 Å². The zero-order valence-electron chi connectivity index (χ0n) is 25.7. The maximum Gasteiger partial charge on any atom is 0.342 e. The molecule has 0 radical (unpaired) electrons. The Morgan fingerprint density at radius 3 is 1.77 bits per heavy atom. The molecule has 0 spiro atoms. The minimum Gasteiger partial charge on any atom is -0.507 e. The van der Waals surface area contributed by atoms with Crippen molar-refractivity contribution < 1.29 is 29.0 Å². The number of hydrogen-bond acceptors (Lipinski definition) is 6. The van der Waals surface area contributed by atoms with Gasteiger partial charge in [0, 0.05) is 11.1 Å². The number of methoxy groups -OCH3 is 1. The van der Waals surface area contributed by atoms with Crippen LogP contribution in [0.3, 0.4) is 0 Å². The van der Waals surface area contributed by atoms with Gasteiger partial charge in [0.2, 0.25) is 0 Å². The summed E-state index contributed by atoms with van der Waals surface area (Å²) in [4.78, 5) is 36.3. The molecule has 6 nitrogen and oxygen atoms in total. The standard InChI is InChI=1S/C20H22O3.C17H18O3/c1-20(2,3)16-9-5-14(6-10-16)18(21)13-19(22)15-7-11-17(23-4)12-8-15;1-12(2)14-9-7-13(8-10-14)11-20-17(19)15-5-3-4-6-16(15)18/h5-12H,13H2,1-4H3;3-10,12,18H,11H2,1-2H3. The van der Waals surface area contributed by atoms with Crippen molar-refractivity contribution in [1.29, 1.82) is 0 Å². The maximum absolute atomic E-state index is 12.3. The smallest absolute Gasteiger partial charge is 0.342 e. The molecule has 0 aliphatic rings. The first kappa shape index (κ1) is 32.8. The average Bonchev–Trinajstić information content (AvgIpc) is 3.00. The Hall–Kier alpha value is -4.71. The summed E-state index contributed by atoms with van der Waals surface area (Å²) in [7, 11) is 1.57. The number of ketones is 2. The third-order valence-corrected chi connectivity index (χ3v) is 6.95. The van der Waals surface area contributed by atoms with Gasteiger partial charge in [-0.2, -0.15) is 0 Å². The molecule has 1 N–H and O–H groups in total. The van der Waals surface area contributed by atoms with Crippen LogP contribution in [0.5, 0.6) is 11.5 Å².